The molecule has 7 N–H and O–H groups in total. The van der Waals surface area contributed by atoms with Crippen molar-refractivity contribution in [1.29, 1.82) is 0 Å². The van der Waals surface area contributed by atoms with Crippen LogP contribution < -0.4 is 17.0 Å². The Bertz CT molecular complexity index is 2490. The Morgan fingerprint density at radius 2 is 1.48 bits per heavy atom. The van der Waals surface area contributed by atoms with Crippen LogP contribution in [0.1, 0.15) is 54.2 Å². The lowest BCUT2D eigenvalue weighted by Gasteiger charge is -2.43. The van der Waals surface area contributed by atoms with E-state index in [9.17, 15) is 23.7 Å². The molecule has 2 saturated carbocycles. The topological polar surface area (TPSA) is 298 Å². The first kappa shape index (κ1) is 43.7. The maximum Gasteiger partial charge on any atom is 0.472 e. The number of ether oxygens (including phenoxy) is 1. The van der Waals surface area contributed by atoms with E-state index in [2.05, 4.69) is 50.7 Å². The Labute approximate surface area is 347 Å². The second-order valence-electron chi connectivity index (χ2n) is 19.2. The Hall–Kier alpha value is -2.97. The average molecular weight is 913 g/mol. The highest BCUT2D eigenvalue weighted by Crippen LogP contribution is 2.69. The van der Waals surface area contributed by atoms with Crippen LogP contribution in [0, 0.1) is 11.8 Å². The van der Waals surface area contributed by atoms with E-state index < -0.39 is 99.3 Å². The van der Waals surface area contributed by atoms with Crippen LogP contribution in [0.2, 0.25) is 36.3 Å². The third-order valence-electron chi connectivity index (χ3n) is 13.4. The monoisotopic (exact) mass is 912 g/mol. The van der Waals surface area contributed by atoms with Gasteiger partial charge in [-0.05, 0) is 48.6 Å². The first-order valence-corrected chi connectivity index (χ1v) is 28.5. The zero-order valence-corrected chi connectivity index (χ0v) is 38.9. The van der Waals surface area contributed by atoms with E-state index in [4.69, 9.17) is 43.2 Å². The number of nitrogens with two attached hydrogens (primary N) is 2. The van der Waals surface area contributed by atoms with Crippen molar-refractivity contribution >= 4 is 66.4 Å². The van der Waals surface area contributed by atoms with Gasteiger partial charge in [0, 0.05) is 5.92 Å². The van der Waals surface area contributed by atoms with E-state index in [0.29, 0.717) is 17.6 Å². The Morgan fingerprint density at radius 1 is 0.867 bits per heavy atom. The molecule has 6 heterocycles. The maximum atomic E-state index is 14.3. The minimum atomic E-state index is -5.01. The Balaban J connectivity index is 1.19. The van der Waals surface area contributed by atoms with Crippen molar-refractivity contribution in [3.8, 4) is 0 Å². The molecule has 0 spiro atoms. The smallest absolute Gasteiger partial charge is 0.409 e. The normalized spacial score (nSPS) is 35.5. The summed E-state index contributed by atoms with van der Waals surface area (Å²) in [5.74, 6) is -1.19. The predicted molar refractivity (Wildman–Crippen MR) is 221 cm³/mol. The van der Waals surface area contributed by atoms with Crippen molar-refractivity contribution < 1.29 is 50.6 Å². The maximum absolute atomic E-state index is 14.3. The Kier molecular flexibility index (Phi) is 10.4. The van der Waals surface area contributed by atoms with E-state index in [1.807, 2.05) is 51.5 Å². The number of rotatable bonds is 6. The number of aromatic nitrogens is 8. The summed E-state index contributed by atoms with van der Waals surface area (Å²) < 4.78 is 76.1. The molecule has 0 amide bonds. The van der Waals surface area contributed by atoms with Gasteiger partial charge in [-0.1, -0.05) is 41.5 Å². The van der Waals surface area contributed by atoms with E-state index in [0.717, 1.165) is 0 Å². The van der Waals surface area contributed by atoms with E-state index in [1.165, 1.54) is 17.2 Å². The van der Waals surface area contributed by atoms with Crippen molar-refractivity contribution in [3.63, 3.8) is 0 Å². The van der Waals surface area contributed by atoms with Gasteiger partial charge in [-0.15, -0.1) is 0 Å². The molecule has 11 atom stereocenters. The highest BCUT2D eigenvalue weighted by atomic mass is 31.2. The lowest BCUT2D eigenvalue weighted by Crippen LogP contribution is -2.52. The second-order valence-corrected chi connectivity index (χ2v) is 31.5. The number of aromatic amines is 1. The van der Waals surface area contributed by atoms with Crippen molar-refractivity contribution in [3.05, 3.63) is 29.3 Å². The lowest BCUT2D eigenvalue weighted by atomic mass is 10.0. The molecule has 8 rings (SSSR count). The van der Waals surface area contributed by atoms with Gasteiger partial charge in [0.1, 0.15) is 36.3 Å². The molecule has 4 aromatic heterocycles. The van der Waals surface area contributed by atoms with E-state index in [-0.39, 0.29) is 38.9 Å². The third-order valence-corrected chi connectivity index (χ3v) is 24.3. The van der Waals surface area contributed by atoms with Crippen molar-refractivity contribution in [2.45, 2.75) is 127 Å². The molecule has 330 valence electrons. The van der Waals surface area contributed by atoms with Gasteiger partial charge in [0.2, 0.25) is 5.95 Å². The number of nitrogens with one attached hydrogen (secondary N) is 1. The molecule has 5 unspecified atom stereocenters. The summed E-state index contributed by atoms with van der Waals surface area (Å²) in [4.78, 5) is 60.0. The fourth-order valence-corrected chi connectivity index (χ4v) is 12.7. The molecular formula is C34H54N10O12P2Si2. The van der Waals surface area contributed by atoms with Crippen LogP contribution in [0.15, 0.2) is 23.8 Å². The zero-order valence-electron chi connectivity index (χ0n) is 35.1. The average Bonchev–Trinajstić information content (AvgIpc) is 3.39. The van der Waals surface area contributed by atoms with Crippen LogP contribution in [0.5, 0.6) is 0 Å². The first-order chi connectivity index (χ1) is 27.7. The van der Waals surface area contributed by atoms with Crippen LogP contribution in [0.3, 0.4) is 0 Å². The molecule has 4 aliphatic rings. The summed E-state index contributed by atoms with van der Waals surface area (Å²) in [6.07, 6.45) is -2.59. The fraction of sp³-hybridized carbons (Fsp3) is 0.706. The van der Waals surface area contributed by atoms with Crippen molar-refractivity contribution in [1.82, 2.24) is 39.0 Å². The number of hydrogen-bond acceptors (Lipinski definition) is 17. The molecule has 0 bridgehead atoms. The molecule has 0 aromatic carbocycles. The van der Waals surface area contributed by atoms with Gasteiger partial charge in [0.05, 0.1) is 37.5 Å². The highest BCUT2D eigenvalue weighted by Gasteiger charge is 2.75. The second kappa shape index (κ2) is 14.3. The minimum Gasteiger partial charge on any atom is -0.409 e. The van der Waals surface area contributed by atoms with Gasteiger partial charge in [0.15, 0.2) is 45.5 Å². The summed E-state index contributed by atoms with van der Waals surface area (Å²) in [6, 6.07) is 0. The molecule has 26 heteroatoms. The molecule has 22 nitrogen and oxygen atoms in total. The van der Waals surface area contributed by atoms with Crippen LogP contribution in [0.4, 0.5) is 11.8 Å². The minimum absolute atomic E-state index is 0.0382. The van der Waals surface area contributed by atoms with Crippen molar-refractivity contribution in [2.75, 3.05) is 24.7 Å². The number of anilines is 2. The van der Waals surface area contributed by atoms with E-state index in [1.54, 1.807) is 6.33 Å². The van der Waals surface area contributed by atoms with Crippen LogP contribution in [-0.2, 0) is 46.4 Å². The third kappa shape index (κ3) is 7.33. The SMILES string of the molecule is CC(C)(C)[Si](C)(C)OC1[C@H](n2cnc3c(=O)[nH]c(N)nc32)O[C@@H]2COP(=O)(O)O[C@H]3C(O[Si](C)(C)C(C)(C)C)C4(n5cnc6c(N)ncnc65)C[C@H]4[C@@H]3COP(=O)(O)O[C@@H]12. The van der Waals surface area contributed by atoms with Gasteiger partial charge in [-0.25, -0.2) is 29.1 Å². The lowest BCUT2D eigenvalue weighted by molar-refractivity contribution is -0.0633. The fourth-order valence-electron chi connectivity index (χ4n) is 8.14. The number of phosphoric acid groups is 2. The van der Waals surface area contributed by atoms with Gasteiger partial charge in [-0.2, -0.15) is 4.98 Å². The number of imidazole rings is 2. The summed E-state index contributed by atoms with van der Waals surface area (Å²) in [5.41, 5.74) is 11.3. The number of H-pyrrole nitrogens is 1. The molecule has 2 aliphatic carbocycles. The van der Waals surface area contributed by atoms with Gasteiger partial charge >= 0.3 is 15.6 Å². The quantitative estimate of drug-likeness (QED) is 0.134. The van der Waals surface area contributed by atoms with Crippen LogP contribution >= 0.6 is 15.6 Å². The van der Waals surface area contributed by atoms with Gasteiger partial charge in [-0.3, -0.25) is 32.4 Å². The molecule has 2 saturated heterocycles. The Morgan fingerprint density at radius 3 is 2.15 bits per heavy atom. The summed E-state index contributed by atoms with van der Waals surface area (Å²) in [7, 11) is -15.5. The number of fused-ring (bicyclic) bond motifs is 6. The molecule has 2 aliphatic heterocycles. The summed E-state index contributed by atoms with van der Waals surface area (Å²) in [6.45, 7) is 19.1. The predicted octanol–water partition coefficient (Wildman–Crippen LogP) is 4.17. The number of phosphoric ester groups is 2. The zero-order chi connectivity index (χ0) is 43.7. The molecule has 4 aromatic rings. The summed E-state index contributed by atoms with van der Waals surface area (Å²) in [5, 5.41) is -0.683. The summed E-state index contributed by atoms with van der Waals surface area (Å²) >= 11 is 0. The first-order valence-electron chi connectivity index (χ1n) is 19.7. The van der Waals surface area contributed by atoms with E-state index >= 15 is 0 Å². The largest absolute Gasteiger partial charge is 0.472 e. The number of nitrogens with zero attached hydrogens (tertiary/aromatic N) is 7. The number of hydrogen-bond donors (Lipinski definition) is 5. The molecule has 0 radical (unpaired) electrons. The van der Waals surface area contributed by atoms with Crippen LogP contribution in [0.25, 0.3) is 22.3 Å². The standard InChI is InChI=1S/C34H54N10O12P2Si2/c1-32(2,3)59(7,8)55-24-23-19(52-30(24)43-15-39-21-28(43)41-31(36)42-29(21)45)13-51-58(48,49)53-22-17(12-50-57(46,47)54-23)18-11-34(18,25(22)56-60(9,10)33(4,5)6)44-16-40-20-26(35)37-14-38-27(20)44/h14-19,22-25,30H,11-13H2,1-10H3,(H,46,47)(H,48,49)(H2,35,37,38)(H3,36,41,42,45)/t17-,18-,19+,22+,23+,24?,25?,30+,34?/m0/s1. The molecule has 60 heavy (non-hydrogen) atoms. The van der Waals surface area contributed by atoms with Crippen LogP contribution in [-0.4, -0.2) is 109 Å². The van der Waals surface area contributed by atoms with Gasteiger partial charge in [0.25, 0.3) is 5.56 Å². The highest BCUT2D eigenvalue weighted by molar-refractivity contribution is 7.47. The molecular weight excluding hydrogens is 859 g/mol. The molecule has 4 fully saturated rings. The number of nitrogen functional groups attached to an aromatic ring is 2. The van der Waals surface area contributed by atoms with Crippen molar-refractivity contribution in [2.24, 2.45) is 11.8 Å². The van der Waals surface area contributed by atoms with Gasteiger partial charge < -0.3 is 39.4 Å².